The summed E-state index contributed by atoms with van der Waals surface area (Å²) in [6, 6.07) is 0. The van der Waals surface area contributed by atoms with Crippen molar-refractivity contribution in [2.45, 2.75) is 0 Å². The summed E-state index contributed by atoms with van der Waals surface area (Å²) in [7, 11) is -4.67. The first-order chi connectivity index (χ1) is 3.00. The molecule has 0 atom stereocenters. The van der Waals surface area contributed by atoms with E-state index in [0.29, 0.717) is 0 Å². The summed E-state index contributed by atoms with van der Waals surface area (Å²) in [5.74, 6) is 0. The van der Waals surface area contributed by atoms with Crippen LogP contribution in [0, 0.1) is 0 Å². The van der Waals surface area contributed by atoms with Crippen LogP contribution in [0.15, 0.2) is 0 Å². The predicted octanol–water partition coefficient (Wildman–Crippen LogP) is -0.796. The fraction of sp³-hybridized carbons (Fsp3) is 0. The van der Waals surface area contributed by atoms with Crippen LogP contribution in [0.1, 0.15) is 0 Å². The van der Waals surface area contributed by atoms with Crippen LogP contribution in [-0.4, -0.2) is 50.7 Å². The van der Waals surface area contributed by atoms with Crippen molar-refractivity contribution < 1.29 is 17.5 Å². The maximum absolute atomic E-state index is 8.74. The minimum absolute atomic E-state index is 0. The molecule has 8 heteroatoms. The third-order valence-corrected chi connectivity index (χ3v) is 0. The fourth-order valence-corrected chi connectivity index (χ4v) is 0. The summed E-state index contributed by atoms with van der Waals surface area (Å²) in [6.45, 7) is 0. The van der Waals surface area contributed by atoms with Gasteiger partial charge < -0.3 is 0 Å². The van der Waals surface area contributed by atoms with Crippen LogP contribution in [0.3, 0.4) is 0 Å². The molecule has 0 aromatic rings. The molecule has 4 nitrogen and oxygen atoms in total. The molecule has 0 bridgehead atoms. The summed E-state index contributed by atoms with van der Waals surface area (Å²) < 4.78 is 31.6. The Balaban J connectivity index is -0.0000000750. The maximum atomic E-state index is 8.74. The van der Waals surface area contributed by atoms with Gasteiger partial charge in [-0.25, -0.2) is 0 Å². The minimum atomic E-state index is -4.67. The van der Waals surface area contributed by atoms with E-state index in [1.54, 1.807) is 0 Å². The Morgan fingerprint density at radius 2 is 1.25 bits per heavy atom. The molecule has 8 heavy (non-hydrogen) atoms. The van der Waals surface area contributed by atoms with Crippen molar-refractivity contribution in [3.63, 3.8) is 0 Å². The fourth-order valence-electron chi connectivity index (χ4n) is 0. The average molecular weight is 240 g/mol. The van der Waals surface area contributed by atoms with Gasteiger partial charge in [-0.15, -0.1) is 0 Å². The van der Waals surface area contributed by atoms with Crippen LogP contribution in [0.2, 0.25) is 0 Å². The summed E-state index contributed by atoms with van der Waals surface area (Å²) in [4.78, 5) is 0. The van der Waals surface area contributed by atoms with E-state index in [1.807, 2.05) is 14.3 Å². The van der Waals surface area contributed by atoms with Crippen LogP contribution in [0.5, 0.6) is 0 Å². The van der Waals surface area contributed by atoms with E-state index in [1.165, 1.54) is 0 Å². The Morgan fingerprint density at radius 1 is 1.25 bits per heavy atom. The van der Waals surface area contributed by atoms with Gasteiger partial charge in [0, 0.05) is 0 Å². The van der Waals surface area contributed by atoms with E-state index in [0.717, 1.165) is 0 Å². The number of hydrogen-bond donors (Lipinski definition) is 2. The topological polar surface area (TPSA) is 74.6 Å². The van der Waals surface area contributed by atoms with E-state index in [9.17, 15) is 0 Å². The zero-order valence-corrected chi connectivity index (χ0v) is 6.47. The molecular weight excluding hydrogens is 237 g/mol. The van der Waals surface area contributed by atoms with Gasteiger partial charge in [0.2, 0.25) is 0 Å². The molecule has 0 aromatic heterocycles. The molecule has 0 rings (SSSR count). The summed E-state index contributed by atoms with van der Waals surface area (Å²) in [5.41, 5.74) is 0. The summed E-state index contributed by atoms with van der Waals surface area (Å²) in [5, 5.41) is 0. The van der Waals surface area contributed by atoms with Gasteiger partial charge in [0.25, 0.3) is 0 Å². The van der Waals surface area contributed by atoms with Crippen LogP contribution in [0.25, 0.3) is 0 Å². The van der Waals surface area contributed by atoms with Crippen molar-refractivity contribution in [3.8, 4) is 0 Å². The van der Waals surface area contributed by atoms with Gasteiger partial charge in [0.05, 0.1) is 0 Å². The molecule has 0 unspecified atom stereocenters. The second-order valence-corrected chi connectivity index (χ2v) is 1.34. The van der Waals surface area contributed by atoms with Gasteiger partial charge in [-0.2, -0.15) is 8.42 Å². The van der Waals surface area contributed by atoms with Crippen molar-refractivity contribution in [2.24, 2.45) is 0 Å². The Labute approximate surface area is 80.1 Å². The number of rotatable bonds is 0. The first-order valence-corrected chi connectivity index (χ1v) is 4.63. The zero-order valence-electron chi connectivity index (χ0n) is 3.50. The molecular formula is H3ILi2O4S. The quantitative estimate of drug-likeness (QED) is 0.330. The summed E-state index contributed by atoms with van der Waals surface area (Å²) >= 11 is 4.12. The molecule has 0 aliphatic rings. The molecule has 0 radical (unpaired) electrons. The molecule has 0 aliphatic heterocycles. The van der Waals surface area contributed by atoms with Gasteiger partial charge in [-0.3, -0.25) is 9.11 Å². The normalized spacial score (nSPS) is 8.12. The average Bonchev–Trinajstić information content (AvgIpc) is 1.36. The van der Waals surface area contributed by atoms with Crippen LogP contribution in [0.4, 0.5) is 0 Å². The van der Waals surface area contributed by atoms with Crippen molar-refractivity contribution >= 4 is 63.4 Å². The van der Waals surface area contributed by atoms with Gasteiger partial charge in [-0.1, -0.05) is 0 Å². The first-order valence-electron chi connectivity index (χ1n) is 1.08. The number of hydrogen-bond acceptors (Lipinski definition) is 2. The van der Waals surface area contributed by atoms with E-state index < -0.39 is 10.4 Å². The zero-order chi connectivity index (χ0) is 6.50. The Hall–Kier alpha value is 1.79. The number of halogens is 1. The molecule has 0 amide bonds. The molecule has 0 fully saturated rings. The van der Waals surface area contributed by atoms with E-state index in [2.05, 4.69) is 19.9 Å². The van der Waals surface area contributed by atoms with Gasteiger partial charge in [-0.05, 0) is 0 Å². The van der Waals surface area contributed by atoms with Gasteiger partial charge in [0.1, 0.15) is 0 Å². The molecule has 0 spiro atoms. The molecule has 0 heterocycles. The predicted molar refractivity (Wildman–Crippen MR) is 41.1 cm³/mol. The monoisotopic (exact) mass is 240 g/mol. The Morgan fingerprint density at radius 3 is 1.25 bits per heavy atom. The first kappa shape index (κ1) is 16.4. The molecule has 0 aromatic carbocycles. The van der Waals surface area contributed by atoms with Crippen LogP contribution in [-0.2, 0) is 10.4 Å². The third-order valence-electron chi connectivity index (χ3n) is 0. The van der Waals surface area contributed by atoms with E-state index >= 15 is 0 Å². The Bertz CT molecular complexity index is 97.2. The third kappa shape index (κ3) is 112. The van der Waals surface area contributed by atoms with Gasteiger partial charge in [0.15, 0.2) is 0 Å². The van der Waals surface area contributed by atoms with Crippen LogP contribution < -0.4 is 0 Å². The molecule has 2 N–H and O–H groups in total. The SMILES string of the molecule is O=S(=O)(O)O.[LiH].[Li][I]. The van der Waals surface area contributed by atoms with E-state index in [4.69, 9.17) is 17.5 Å². The van der Waals surface area contributed by atoms with Gasteiger partial charge >= 0.3 is 63.4 Å². The molecule has 0 aliphatic carbocycles. The second-order valence-electron chi connectivity index (χ2n) is 0.448. The van der Waals surface area contributed by atoms with Crippen molar-refractivity contribution in [3.05, 3.63) is 0 Å². The van der Waals surface area contributed by atoms with Crippen molar-refractivity contribution in [2.75, 3.05) is 0 Å². The van der Waals surface area contributed by atoms with Crippen LogP contribution >= 0.6 is 19.9 Å². The standard InChI is InChI=1S/HI.2Li.H2O4S.H/c;;;1-5(2,3)4;/h1H;;;(H2,1,2,3,4);/q;;+1;;/p-1. The van der Waals surface area contributed by atoms with E-state index in [-0.39, 0.29) is 18.9 Å². The molecule has 0 saturated heterocycles. The Kier molecular flexibility index (Phi) is 18.0. The summed E-state index contributed by atoms with van der Waals surface area (Å²) in [6.07, 6.45) is 0. The second kappa shape index (κ2) is 8.79. The van der Waals surface area contributed by atoms with Crippen molar-refractivity contribution in [1.29, 1.82) is 0 Å². The molecule has 42 valence electrons. The molecule has 0 saturated carbocycles. The van der Waals surface area contributed by atoms with Crippen molar-refractivity contribution in [1.82, 2.24) is 0 Å².